The van der Waals surface area contributed by atoms with Crippen LogP contribution < -0.4 is 5.32 Å². The molecule has 3 nitrogen and oxygen atoms in total. The van der Waals surface area contributed by atoms with Gasteiger partial charge in [0.15, 0.2) is 0 Å². The van der Waals surface area contributed by atoms with Crippen molar-refractivity contribution in [2.45, 2.75) is 19.3 Å². The number of nitrogens with zero attached hydrogens (tertiary/aromatic N) is 1. The average molecular weight is 255 g/mol. The van der Waals surface area contributed by atoms with E-state index < -0.39 is 0 Å². The standard InChI is InChI=1S/C10H11BrN2O/c11-10-8(2-1-5-12-10)13-9(14)6-7-3-4-7/h1-2,5,7H,3-4,6H2,(H,13,14). The number of hydrogen-bond acceptors (Lipinski definition) is 2. The van der Waals surface area contributed by atoms with Crippen LogP contribution in [0.15, 0.2) is 22.9 Å². The lowest BCUT2D eigenvalue weighted by atomic mass is 10.3. The maximum Gasteiger partial charge on any atom is 0.224 e. The Morgan fingerprint density at radius 2 is 2.43 bits per heavy atom. The molecule has 0 bridgehead atoms. The molecule has 1 aliphatic carbocycles. The maximum absolute atomic E-state index is 11.5. The molecule has 1 aromatic heterocycles. The normalized spacial score (nSPS) is 15.2. The number of pyridine rings is 1. The molecule has 1 fully saturated rings. The topological polar surface area (TPSA) is 42.0 Å². The second-order valence-corrected chi connectivity index (χ2v) is 4.29. The zero-order valence-electron chi connectivity index (χ0n) is 7.66. The van der Waals surface area contributed by atoms with Gasteiger partial charge in [-0.3, -0.25) is 4.79 Å². The van der Waals surface area contributed by atoms with Crippen LogP contribution in [0, 0.1) is 5.92 Å². The molecule has 0 aliphatic heterocycles. The smallest absolute Gasteiger partial charge is 0.224 e. The van der Waals surface area contributed by atoms with Crippen molar-refractivity contribution in [2.75, 3.05) is 5.32 Å². The summed E-state index contributed by atoms with van der Waals surface area (Å²) in [5.41, 5.74) is 0.748. The number of rotatable bonds is 3. The molecule has 1 aromatic rings. The minimum absolute atomic E-state index is 0.0844. The Morgan fingerprint density at radius 1 is 1.64 bits per heavy atom. The molecule has 1 amide bonds. The Hall–Kier alpha value is -0.900. The summed E-state index contributed by atoms with van der Waals surface area (Å²) < 4.78 is 0.684. The number of nitrogens with one attached hydrogen (secondary N) is 1. The van der Waals surface area contributed by atoms with Crippen molar-refractivity contribution >= 4 is 27.5 Å². The second-order valence-electron chi connectivity index (χ2n) is 3.54. The molecule has 0 atom stereocenters. The first-order valence-corrected chi connectivity index (χ1v) is 5.45. The summed E-state index contributed by atoms with van der Waals surface area (Å²) >= 11 is 3.28. The maximum atomic E-state index is 11.5. The van der Waals surface area contributed by atoms with E-state index in [9.17, 15) is 4.79 Å². The Kier molecular flexibility index (Phi) is 2.82. The van der Waals surface area contributed by atoms with E-state index in [0.29, 0.717) is 16.9 Å². The van der Waals surface area contributed by atoms with Gasteiger partial charge in [-0.25, -0.2) is 4.98 Å². The van der Waals surface area contributed by atoms with Crippen molar-refractivity contribution < 1.29 is 4.79 Å². The third kappa shape index (κ3) is 2.54. The molecule has 1 saturated carbocycles. The molecule has 2 rings (SSSR count). The lowest BCUT2D eigenvalue weighted by Crippen LogP contribution is -2.12. The van der Waals surface area contributed by atoms with Crippen molar-refractivity contribution in [1.29, 1.82) is 0 Å². The Balaban J connectivity index is 1.95. The quantitative estimate of drug-likeness (QED) is 0.843. The highest BCUT2D eigenvalue weighted by Crippen LogP contribution is 2.32. The number of anilines is 1. The van der Waals surface area contributed by atoms with Crippen LogP contribution in [0.2, 0.25) is 0 Å². The first-order valence-electron chi connectivity index (χ1n) is 4.66. The molecule has 1 aliphatic rings. The van der Waals surface area contributed by atoms with Crippen LogP contribution in [0.4, 0.5) is 5.69 Å². The van der Waals surface area contributed by atoms with Gasteiger partial charge in [-0.1, -0.05) is 0 Å². The van der Waals surface area contributed by atoms with Crippen LogP contribution in [0.25, 0.3) is 0 Å². The van der Waals surface area contributed by atoms with Crippen molar-refractivity contribution in [1.82, 2.24) is 4.98 Å². The molecule has 0 unspecified atom stereocenters. The summed E-state index contributed by atoms with van der Waals surface area (Å²) in [5, 5.41) is 2.83. The summed E-state index contributed by atoms with van der Waals surface area (Å²) in [5.74, 6) is 0.701. The summed E-state index contributed by atoms with van der Waals surface area (Å²) in [7, 11) is 0. The van der Waals surface area contributed by atoms with E-state index >= 15 is 0 Å². The van der Waals surface area contributed by atoms with Gasteiger partial charge in [0.1, 0.15) is 4.60 Å². The van der Waals surface area contributed by atoms with Crippen LogP contribution in [-0.2, 0) is 4.79 Å². The van der Waals surface area contributed by atoms with Crippen LogP contribution in [0.5, 0.6) is 0 Å². The number of carbonyl (C=O) groups is 1. The molecule has 0 radical (unpaired) electrons. The van der Waals surface area contributed by atoms with Gasteiger partial charge in [0.25, 0.3) is 0 Å². The van der Waals surface area contributed by atoms with Crippen molar-refractivity contribution in [2.24, 2.45) is 5.92 Å². The summed E-state index contributed by atoms with van der Waals surface area (Å²) in [6.45, 7) is 0. The molecule has 14 heavy (non-hydrogen) atoms. The number of carbonyl (C=O) groups excluding carboxylic acids is 1. The van der Waals surface area contributed by atoms with Gasteiger partial charge >= 0.3 is 0 Å². The van der Waals surface area contributed by atoms with Crippen LogP contribution in [-0.4, -0.2) is 10.9 Å². The molecule has 4 heteroatoms. The zero-order chi connectivity index (χ0) is 9.97. The lowest BCUT2D eigenvalue weighted by Gasteiger charge is -2.05. The van der Waals surface area contributed by atoms with E-state index in [0.717, 1.165) is 5.69 Å². The highest BCUT2D eigenvalue weighted by Gasteiger charge is 2.24. The molecular formula is C10H11BrN2O. The molecule has 0 saturated heterocycles. The van der Waals surface area contributed by atoms with Gasteiger partial charge < -0.3 is 5.32 Å². The number of aromatic nitrogens is 1. The highest BCUT2D eigenvalue weighted by atomic mass is 79.9. The van der Waals surface area contributed by atoms with Gasteiger partial charge in [-0.05, 0) is 46.8 Å². The molecule has 0 aromatic carbocycles. The molecule has 0 spiro atoms. The third-order valence-corrected chi connectivity index (χ3v) is 2.84. The van der Waals surface area contributed by atoms with Gasteiger partial charge in [0, 0.05) is 12.6 Å². The Morgan fingerprint density at radius 3 is 3.07 bits per heavy atom. The molecule has 1 N–H and O–H groups in total. The van der Waals surface area contributed by atoms with Crippen molar-refractivity contribution in [3.05, 3.63) is 22.9 Å². The fourth-order valence-corrected chi connectivity index (χ4v) is 1.61. The van der Waals surface area contributed by atoms with Gasteiger partial charge in [0.2, 0.25) is 5.91 Å². The van der Waals surface area contributed by atoms with Crippen molar-refractivity contribution in [3.63, 3.8) is 0 Å². The van der Waals surface area contributed by atoms with Gasteiger partial charge in [-0.2, -0.15) is 0 Å². The van der Waals surface area contributed by atoms with Crippen LogP contribution in [0.3, 0.4) is 0 Å². The summed E-state index contributed by atoms with van der Waals surface area (Å²) in [4.78, 5) is 15.5. The molecular weight excluding hydrogens is 244 g/mol. The van der Waals surface area contributed by atoms with E-state index in [1.54, 1.807) is 12.3 Å². The largest absolute Gasteiger partial charge is 0.324 e. The summed E-state index contributed by atoms with van der Waals surface area (Å²) in [6.07, 6.45) is 4.71. The predicted molar refractivity (Wildman–Crippen MR) is 57.9 cm³/mol. The van der Waals surface area contributed by atoms with Crippen molar-refractivity contribution in [3.8, 4) is 0 Å². The van der Waals surface area contributed by atoms with Gasteiger partial charge in [-0.15, -0.1) is 0 Å². The predicted octanol–water partition coefficient (Wildman–Crippen LogP) is 2.58. The minimum Gasteiger partial charge on any atom is -0.324 e. The van der Waals surface area contributed by atoms with E-state index in [1.165, 1.54) is 12.8 Å². The average Bonchev–Trinajstić information content (AvgIpc) is 2.93. The first kappa shape index (κ1) is 9.65. The lowest BCUT2D eigenvalue weighted by molar-refractivity contribution is -0.116. The van der Waals surface area contributed by atoms with Gasteiger partial charge in [0.05, 0.1) is 5.69 Å². The fraction of sp³-hybridized carbons (Fsp3) is 0.400. The van der Waals surface area contributed by atoms with E-state index in [4.69, 9.17) is 0 Å². The van der Waals surface area contributed by atoms with E-state index in [-0.39, 0.29) is 5.91 Å². The van der Waals surface area contributed by atoms with Crippen LogP contribution in [0.1, 0.15) is 19.3 Å². The van der Waals surface area contributed by atoms with Crippen LogP contribution >= 0.6 is 15.9 Å². The molecule has 1 heterocycles. The number of amides is 1. The SMILES string of the molecule is O=C(CC1CC1)Nc1cccnc1Br. The summed E-state index contributed by atoms with van der Waals surface area (Å²) in [6, 6.07) is 3.64. The fourth-order valence-electron chi connectivity index (χ4n) is 1.26. The highest BCUT2D eigenvalue weighted by molar-refractivity contribution is 9.10. The van der Waals surface area contributed by atoms with E-state index in [2.05, 4.69) is 26.2 Å². The van der Waals surface area contributed by atoms with E-state index in [1.807, 2.05) is 6.07 Å². The minimum atomic E-state index is 0.0844. The number of halogens is 1. The Bertz CT molecular complexity index is 350. The monoisotopic (exact) mass is 254 g/mol. The molecule has 74 valence electrons. The third-order valence-electron chi connectivity index (χ3n) is 2.20. The first-order chi connectivity index (χ1) is 6.75. The Labute approximate surface area is 91.0 Å². The number of hydrogen-bond donors (Lipinski definition) is 1. The zero-order valence-corrected chi connectivity index (χ0v) is 9.25. The second kappa shape index (κ2) is 4.09.